The van der Waals surface area contributed by atoms with Gasteiger partial charge >= 0.3 is 0 Å². The highest BCUT2D eigenvalue weighted by Crippen LogP contribution is 2.29. The normalized spacial score (nSPS) is 17.0. The fraction of sp³-hybridized carbons (Fsp3) is 0.500. The Bertz CT molecular complexity index is 485. The Kier molecular flexibility index (Phi) is 4.44. The highest BCUT2D eigenvalue weighted by Gasteiger charge is 2.24. The molecule has 1 aliphatic heterocycles. The van der Waals surface area contributed by atoms with E-state index in [-0.39, 0.29) is 11.7 Å². The van der Waals surface area contributed by atoms with E-state index in [1.807, 2.05) is 0 Å². The van der Waals surface area contributed by atoms with Crippen molar-refractivity contribution < 1.29 is 13.9 Å². The number of carbonyl (C=O) groups is 1. The number of carbonyl (C=O) groups excluding carboxylic acids is 1. The maximum atomic E-state index is 13.2. The molecule has 110 valence electrons. The van der Waals surface area contributed by atoms with Crippen molar-refractivity contribution in [3.05, 3.63) is 24.0 Å². The molecule has 2 rings (SSSR count). The van der Waals surface area contributed by atoms with Crippen molar-refractivity contribution in [3.63, 3.8) is 0 Å². The molecule has 1 amide bonds. The number of anilines is 1. The molecule has 0 bridgehead atoms. The van der Waals surface area contributed by atoms with Crippen LogP contribution in [0.4, 0.5) is 10.1 Å². The highest BCUT2D eigenvalue weighted by molar-refractivity contribution is 5.81. The van der Waals surface area contributed by atoms with Crippen LogP contribution >= 0.6 is 0 Å². The van der Waals surface area contributed by atoms with Gasteiger partial charge in [-0.3, -0.25) is 4.79 Å². The Morgan fingerprint density at radius 1 is 1.35 bits per heavy atom. The summed E-state index contributed by atoms with van der Waals surface area (Å²) in [5.74, 6) is 0.157. The second kappa shape index (κ2) is 6.09. The lowest BCUT2D eigenvalue weighted by atomic mass is 10.2. The molecule has 0 aromatic heterocycles. The lowest BCUT2D eigenvalue weighted by Crippen LogP contribution is -2.52. The monoisotopic (exact) mass is 281 g/mol. The summed E-state index contributed by atoms with van der Waals surface area (Å²) in [5.41, 5.74) is 6.46. The fourth-order valence-corrected chi connectivity index (χ4v) is 2.37. The van der Waals surface area contributed by atoms with Crippen LogP contribution in [0.15, 0.2) is 18.2 Å². The van der Waals surface area contributed by atoms with Crippen molar-refractivity contribution in [2.45, 2.75) is 13.0 Å². The van der Waals surface area contributed by atoms with Gasteiger partial charge in [-0.25, -0.2) is 4.39 Å². The number of nitrogens with two attached hydrogens (primary N) is 1. The Balaban J connectivity index is 2.06. The Morgan fingerprint density at radius 2 is 2.00 bits per heavy atom. The first-order valence-electron chi connectivity index (χ1n) is 6.65. The number of rotatable bonds is 3. The van der Waals surface area contributed by atoms with E-state index in [4.69, 9.17) is 10.5 Å². The van der Waals surface area contributed by atoms with Gasteiger partial charge in [0.25, 0.3) is 0 Å². The summed E-state index contributed by atoms with van der Waals surface area (Å²) < 4.78 is 18.4. The molecule has 1 atom stereocenters. The van der Waals surface area contributed by atoms with E-state index in [2.05, 4.69) is 4.90 Å². The molecule has 2 N–H and O–H groups in total. The van der Waals surface area contributed by atoms with E-state index in [9.17, 15) is 9.18 Å². The Hall–Kier alpha value is -1.82. The van der Waals surface area contributed by atoms with Gasteiger partial charge in [0.2, 0.25) is 5.91 Å². The van der Waals surface area contributed by atoms with Crippen LogP contribution in [0.25, 0.3) is 0 Å². The number of methoxy groups -OCH3 is 1. The van der Waals surface area contributed by atoms with E-state index in [1.165, 1.54) is 19.2 Å². The van der Waals surface area contributed by atoms with Crippen LogP contribution < -0.4 is 15.4 Å². The van der Waals surface area contributed by atoms with E-state index < -0.39 is 6.04 Å². The number of halogens is 1. The van der Waals surface area contributed by atoms with Gasteiger partial charge in [0.05, 0.1) is 18.8 Å². The van der Waals surface area contributed by atoms with Crippen molar-refractivity contribution in [2.75, 3.05) is 38.2 Å². The maximum Gasteiger partial charge on any atom is 0.239 e. The quantitative estimate of drug-likeness (QED) is 0.891. The first kappa shape index (κ1) is 14.6. The Labute approximate surface area is 118 Å². The van der Waals surface area contributed by atoms with E-state index in [0.29, 0.717) is 31.9 Å². The molecule has 20 heavy (non-hydrogen) atoms. The van der Waals surface area contributed by atoms with Gasteiger partial charge in [0, 0.05) is 32.2 Å². The second-order valence-corrected chi connectivity index (χ2v) is 4.92. The van der Waals surface area contributed by atoms with Gasteiger partial charge in [0.15, 0.2) is 0 Å². The van der Waals surface area contributed by atoms with E-state index in [0.717, 1.165) is 5.69 Å². The number of piperazine rings is 1. The number of hydrogen-bond donors (Lipinski definition) is 1. The zero-order valence-electron chi connectivity index (χ0n) is 11.8. The standard InChI is InChI=1S/C14H20FN3O2/c1-10(16)14(19)18-7-5-17(6-8-18)12-4-3-11(15)9-13(12)20-2/h3-4,9-10H,5-8,16H2,1-2H3. The van der Waals surface area contributed by atoms with Crippen LogP contribution in [0.2, 0.25) is 0 Å². The average Bonchev–Trinajstić information content (AvgIpc) is 2.46. The molecular formula is C14H20FN3O2. The van der Waals surface area contributed by atoms with Crippen LogP contribution in [0.5, 0.6) is 5.75 Å². The van der Waals surface area contributed by atoms with Crippen molar-refractivity contribution >= 4 is 11.6 Å². The van der Waals surface area contributed by atoms with Gasteiger partial charge in [-0.1, -0.05) is 0 Å². The molecule has 1 aromatic carbocycles. The molecule has 0 saturated carbocycles. The third-order valence-electron chi connectivity index (χ3n) is 3.46. The molecule has 1 fully saturated rings. The molecule has 0 spiro atoms. The predicted molar refractivity (Wildman–Crippen MR) is 75.4 cm³/mol. The molecule has 1 unspecified atom stereocenters. The van der Waals surface area contributed by atoms with Crippen molar-refractivity contribution in [2.24, 2.45) is 5.73 Å². The summed E-state index contributed by atoms with van der Waals surface area (Å²) in [6, 6.07) is 4.02. The summed E-state index contributed by atoms with van der Waals surface area (Å²) in [6.45, 7) is 4.28. The molecule has 0 aliphatic carbocycles. The summed E-state index contributed by atoms with van der Waals surface area (Å²) in [6.07, 6.45) is 0. The zero-order chi connectivity index (χ0) is 14.7. The molecule has 0 radical (unpaired) electrons. The average molecular weight is 281 g/mol. The smallest absolute Gasteiger partial charge is 0.239 e. The number of amides is 1. The molecule has 1 aromatic rings. The van der Waals surface area contributed by atoms with E-state index in [1.54, 1.807) is 17.9 Å². The van der Waals surface area contributed by atoms with Crippen molar-refractivity contribution in [1.29, 1.82) is 0 Å². The van der Waals surface area contributed by atoms with Gasteiger partial charge in [-0.2, -0.15) is 0 Å². The summed E-state index contributed by atoms with van der Waals surface area (Å²) in [5, 5.41) is 0. The van der Waals surface area contributed by atoms with Crippen LogP contribution in [-0.4, -0.2) is 50.1 Å². The number of hydrogen-bond acceptors (Lipinski definition) is 4. The second-order valence-electron chi connectivity index (χ2n) is 4.92. The lowest BCUT2D eigenvalue weighted by molar-refractivity contribution is -0.132. The van der Waals surface area contributed by atoms with Crippen molar-refractivity contribution in [3.8, 4) is 5.75 Å². The SMILES string of the molecule is COc1cc(F)ccc1N1CCN(C(=O)C(C)N)CC1. The largest absolute Gasteiger partial charge is 0.494 e. The zero-order valence-corrected chi connectivity index (χ0v) is 11.8. The highest BCUT2D eigenvalue weighted by atomic mass is 19.1. The van der Waals surface area contributed by atoms with Crippen LogP contribution in [0, 0.1) is 5.82 Å². The van der Waals surface area contributed by atoms with Gasteiger partial charge in [-0.15, -0.1) is 0 Å². The summed E-state index contributed by atoms with van der Waals surface area (Å²) in [7, 11) is 1.52. The van der Waals surface area contributed by atoms with Crippen LogP contribution in [-0.2, 0) is 4.79 Å². The fourth-order valence-electron chi connectivity index (χ4n) is 2.37. The van der Waals surface area contributed by atoms with Crippen LogP contribution in [0.3, 0.4) is 0 Å². The number of ether oxygens (including phenoxy) is 1. The summed E-state index contributed by atoms with van der Waals surface area (Å²) in [4.78, 5) is 15.7. The van der Waals surface area contributed by atoms with Gasteiger partial charge < -0.3 is 20.3 Å². The first-order valence-corrected chi connectivity index (χ1v) is 6.65. The lowest BCUT2D eigenvalue weighted by Gasteiger charge is -2.37. The first-order chi connectivity index (χ1) is 9.52. The third kappa shape index (κ3) is 3.01. The van der Waals surface area contributed by atoms with Crippen LogP contribution in [0.1, 0.15) is 6.92 Å². The molecule has 1 saturated heterocycles. The minimum absolute atomic E-state index is 0.0317. The van der Waals surface area contributed by atoms with Crippen molar-refractivity contribution in [1.82, 2.24) is 4.90 Å². The molecule has 5 nitrogen and oxygen atoms in total. The number of benzene rings is 1. The van der Waals surface area contributed by atoms with E-state index >= 15 is 0 Å². The minimum Gasteiger partial charge on any atom is -0.494 e. The molecule has 1 aliphatic rings. The minimum atomic E-state index is -0.470. The molecule has 6 heteroatoms. The summed E-state index contributed by atoms with van der Waals surface area (Å²) >= 11 is 0. The van der Waals surface area contributed by atoms with Gasteiger partial charge in [-0.05, 0) is 19.1 Å². The topological polar surface area (TPSA) is 58.8 Å². The molecule has 1 heterocycles. The maximum absolute atomic E-state index is 13.2. The number of nitrogens with zero attached hydrogens (tertiary/aromatic N) is 2. The third-order valence-corrected chi connectivity index (χ3v) is 3.46. The van der Waals surface area contributed by atoms with Gasteiger partial charge in [0.1, 0.15) is 11.6 Å². The molecular weight excluding hydrogens is 261 g/mol. The Morgan fingerprint density at radius 3 is 2.55 bits per heavy atom. The predicted octanol–water partition coefficient (Wildman–Crippen LogP) is 0.830.